The average molecular weight is 245 g/mol. The Morgan fingerprint density at radius 1 is 0.812 bits per heavy atom. The summed E-state index contributed by atoms with van der Waals surface area (Å²) in [7, 11) is 0. The van der Waals surface area contributed by atoms with E-state index in [9.17, 15) is 0 Å². The van der Waals surface area contributed by atoms with Crippen LogP contribution in [0.25, 0.3) is 0 Å². The fourth-order valence-corrected chi connectivity index (χ4v) is 1.89. The predicted octanol–water partition coefficient (Wildman–Crippen LogP) is 4.09. The van der Waals surface area contributed by atoms with Gasteiger partial charge in [0.25, 0.3) is 0 Å². The van der Waals surface area contributed by atoms with Crippen LogP contribution in [0.1, 0.15) is 53.4 Å². The summed E-state index contributed by atoms with van der Waals surface area (Å²) in [5.41, 5.74) is 0. The van der Waals surface area contributed by atoms with Crippen LogP contribution in [0.4, 0.5) is 0 Å². The molecule has 0 amide bonds. The van der Waals surface area contributed by atoms with Gasteiger partial charge in [-0.25, -0.2) is 0 Å². The highest BCUT2D eigenvalue weighted by Gasteiger charge is 2.06. The summed E-state index contributed by atoms with van der Waals surface area (Å²) in [5.74, 6) is 2.68. The van der Waals surface area contributed by atoms with E-state index in [-0.39, 0.29) is 0 Å². The molecule has 16 heavy (non-hydrogen) atoms. The molecule has 0 unspecified atom stereocenters. The number of hydrogen-bond donors (Lipinski definition) is 1. The van der Waals surface area contributed by atoms with E-state index in [2.05, 4.69) is 45.2 Å². The molecule has 1 nitrogen and oxygen atoms in total. The summed E-state index contributed by atoms with van der Waals surface area (Å²) in [6, 6.07) is 0. The second-order valence-corrected chi connectivity index (χ2v) is 6.08. The van der Waals surface area contributed by atoms with Crippen LogP contribution in [0.3, 0.4) is 0 Å². The molecule has 0 spiro atoms. The van der Waals surface area contributed by atoms with Crippen molar-refractivity contribution in [1.82, 2.24) is 4.90 Å². The summed E-state index contributed by atoms with van der Waals surface area (Å²) in [4.78, 5) is 2.64. The van der Waals surface area contributed by atoms with E-state index >= 15 is 0 Å². The maximum Gasteiger partial charge on any atom is -0.00163 e. The minimum Gasteiger partial charge on any atom is -0.303 e. The molecule has 0 aromatic carbocycles. The molecule has 0 aliphatic heterocycles. The predicted molar refractivity (Wildman–Crippen MR) is 78.4 cm³/mol. The van der Waals surface area contributed by atoms with E-state index < -0.39 is 0 Å². The second-order valence-electron chi connectivity index (χ2n) is 5.64. The van der Waals surface area contributed by atoms with Crippen molar-refractivity contribution in [2.75, 3.05) is 25.4 Å². The molecule has 0 aromatic heterocycles. The highest BCUT2D eigenvalue weighted by atomic mass is 32.1. The maximum absolute atomic E-state index is 4.27. The third-order valence-electron chi connectivity index (χ3n) is 2.93. The van der Waals surface area contributed by atoms with Crippen molar-refractivity contribution in [3.63, 3.8) is 0 Å². The molecule has 0 aromatic rings. The summed E-state index contributed by atoms with van der Waals surface area (Å²) in [6.07, 6.45) is 5.22. The van der Waals surface area contributed by atoms with Crippen LogP contribution in [0, 0.1) is 11.8 Å². The Kier molecular flexibility index (Phi) is 10.7. The average Bonchev–Trinajstić information content (AvgIpc) is 2.21. The molecule has 98 valence electrons. The molecule has 0 fully saturated rings. The largest absolute Gasteiger partial charge is 0.303 e. The zero-order chi connectivity index (χ0) is 12.4. The van der Waals surface area contributed by atoms with E-state index in [4.69, 9.17) is 0 Å². The Balaban J connectivity index is 3.76. The topological polar surface area (TPSA) is 3.24 Å². The lowest BCUT2D eigenvalue weighted by molar-refractivity contribution is 0.240. The second kappa shape index (κ2) is 10.5. The highest BCUT2D eigenvalue weighted by molar-refractivity contribution is 7.80. The van der Waals surface area contributed by atoms with Crippen LogP contribution in [-0.4, -0.2) is 30.3 Å². The van der Waals surface area contributed by atoms with Gasteiger partial charge in [-0.15, -0.1) is 0 Å². The van der Waals surface area contributed by atoms with E-state index in [1.54, 1.807) is 0 Å². The van der Waals surface area contributed by atoms with Gasteiger partial charge in [0.2, 0.25) is 0 Å². The van der Waals surface area contributed by atoms with Gasteiger partial charge in [0.1, 0.15) is 0 Å². The van der Waals surface area contributed by atoms with Gasteiger partial charge < -0.3 is 4.90 Å². The first-order valence-electron chi connectivity index (χ1n) is 6.89. The summed E-state index contributed by atoms with van der Waals surface area (Å²) in [6.45, 7) is 13.1. The van der Waals surface area contributed by atoms with Gasteiger partial charge in [0.15, 0.2) is 0 Å². The van der Waals surface area contributed by atoms with Gasteiger partial charge in [0, 0.05) is 0 Å². The van der Waals surface area contributed by atoms with Gasteiger partial charge in [-0.05, 0) is 62.9 Å². The lowest BCUT2D eigenvalue weighted by Gasteiger charge is -2.24. The molecule has 0 rings (SSSR count). The Labute approximate surface area is 108 Å². The molecule has 0 saturated heterocycles. The van der Waals surface area contributed by atoms with Gasteiger partial charge >= 0.3 is 0 Å². The van der Waals surface area contributed by atoms with Gasteiger partial charge in [-0.1, -0.05) is 27.7 Å². The molecule has 0 N–H and O–H groups in total. The standard InChI is InChI=1S/C14H31NS/c1-13(2)7-10-15(9-5-6-12-16)11-8-14(3)4/h13-14,16H,5-12H2,1-4H3. The van der Waals surface area contributed by atoms with Crippen molar-refractivity contribution in [3.8, 4) is 0 Å². The maximum atomic E-state index is 4.27. The first-order valence-corrected chi connectivity index (χ1v) is 7.52. The van der Waals surface area contributed by atoms with Crippen LogP contribution in [0.2, 0.25) is 0 Å². The van der Waals surface area contributed by atoms with Crippen LogP contribution in [0.15, 0.2) is 0 Å². The number of hydrogen-bond acceptors (Lipinski definition) is 2. The Bertz CT molecular complexity index is 134. The third-order valence-corrected chi connectivity index (χ3v) is 3.24. The van der Waals surface area contributed by atoms with Crippen molar-refractivity contribution in [2.24, 2.45) is 11.8 Å². The highest BCUT2D eigenvalue weighted by Crippen LogP contribution is 2.07. The minimum absolute atomic E-state index is 0.825. The number of nitrogens with zero attached hydrogens (tertiary/aromatic N) is 1. The Morgan fingerprint density at radius 2 is 1.31 bits per heavy atom. The molecular formula is C14H31NS. The first kappa shape index (κ1) is 16.3. The van der Waals surface area contributed by atoms with E-state index in [1.807, 2.05) is 0 Å². The Morgan fingerprint density at radius 3 is 1.69 bits per heavy atom. The molecule has 0 bridgehead atoms. The molecule has 0 radical (unpaired) electrons. The normalized spacial score (nSPS) is 12.0. The summed E-state index contributed by atoms with van der Waals surface area (Å²) < 4.78 is 0. The van der Waals surface area contributed by atoms with Crippen molar-refractivity contribution >= 4 is 12.6 Å². The van der Waals surface area contributed by atoms with Gasteiger partial charge in [0.05, 0.1) is 0 Å². The SMILES string of the molecule is CC(C)CCN(CCCCS)CCC(C)C. The van der Waals surface area contributed by atoms with E-state index in [0.717, 1.165) is 17.6 Å². The fourth-order valence-electron chi connectivity index (χ4n) is 1.66. The van der Waals surface area contributed by atoms with Crippen LogP contribution in [-0.2, 0) is 0 Å². The Hall–Kier alpha value is 0.310. The summed E-state index contributed by atoms with van der Waals surface area (Å²) >= 11 is 4.27. The number of unbranched alkanes of at least 4 members (excludes halogenated alkanes) is 1. The van der Waals surface area contributed by atoms with Crippen LogP contribution >= 0.6 is 12.6 Å². The molecule has 0 heterocycles. The zero-order valence-corrected chi connectivity index (χ0v) is 12.6. The molecular weight excluding hydrogens is 214 g/mol. The molecule has 0 saturated carbocycles. The third kappa shape index (κ3) is 10.8. The quantitative estimate of drug-likeness (QED) is 0.448. The lowest BCUT2D eigenvalue weighted by atomic mass is 10.1. The monoisotopic (exact) mass is 245 g/mol. The smallest absolute Gasteiger partial charge is 0.00163 e. The summed E-state index contributed by atoms with van der Waals surface area (Å²) in [5, 5.41) is 0. The number of rotatable bonds is 10. The molecule has 0 aliphatic rings. The minimum atomic E-state index is 0.825. The van der Waals surface area contributed by atoms with Crippen molar-refractivity contribution in [1.29, 1.82) is 0 Å². The van der Waals surface area contributed by atoms with E-state index in [1.165, 1.54) is 45.3 Å². The van der Waals surface area contributed by atoms with Crippen LogP contribution < -0.4 is 0 Å². The van der Waals surface area contributed by atoms with Crippen molar-refractivity contribution in [2.45, 2.75) is 53.4 Å². The van der Waals surface area contributed by atoms with Gasteiger partial charge in [-0.2, -0.15) is 12.6 Å². The molecule has 0 atom stereocenters. The number of thiol groups is 1. The van der Waals surface area contributed by atoms with Crippen molar-refractivity contribution < 1.29 is 0 Å². The first-order chi connectivity index (χ1) is 7.56. The van der Waals surface area contributed by atoms with Gasteiger partial charge in [-0.3, -0.25) is 0 Å². The fraction of sp³-hybridized carbons (Fsp3) is 1.00. The molecule has 0 aliphatic carbocycles. The lowest BCUT2D eigenvalue weighted by Crippen LogP contribution is -2.29. The van der Waals surface area contributed by atoms with E-state index in [0.29, 0.717) is 0 Å². The molecule has 2 heteroatoms. The van der Waals surface area contributed by atoms with Crippen LogP contribution in [0.5, 0.6) is 0 Å². The zero-order valence-electron chi connectivity index (χ0n) is 11.7. The van der Waals surface area contributed by atoms with Crippen molar-refractivity contribution in [3.05, 3.63) is 0 Å².